The number of halogens is 3. The van der Waals surface area contributed by atoms with Gasteiger partial charge in [0.2, 0.25) is 0 Å². The Morgan fingerprint density at radius 3 is 2.36 bits per heavy atom. The van der Waals surface area contributed by atoms with Crippen LogP contribution in [0.4, 0.5) is 8.78 Å². The summed E-state index contributed by atoms with van der Waals surface area (Å²) < 4.78 is 43.2. The van der Waals surface area contributed by atoms with Crippen LogP contribution >= 0.6 is 11.6 Å². The molecule has 0 aromatic heterocycles. The van der Waals surface area contributed by atoms with Gasteiger partial charge < -0.3 is 4.90 Å². The van der Waals surface area contributed by atoms with Crippen LogP contribution in [0, 0.1) is 0 Å². The van der Waals surface area contributed by atoms with E-state index in [4.69, 9.17) is 11.6 Å². The topological polar surface area (TPSA) is 40.6 Å². The first-order chi connectivity index (χ1) is 16.0. The number of allylic oxidation sites excluding steroid dienone is 4. The van der Waals surface area contributed by atoms with Crippen molar-refractivity contribution in [1.82, 2.24) is 9.21 Å². The molecular weight excluding hydrogens is 466 g/mol. The zero-order valence-corrected chi connectivity index (χ0v) is 19.6. The van der Waals surface area contributed by atoms with Gasteiger partial charge in [-0.05, 0) is 61.4 Å². The summed E-state index contributed by atoms with van der Waals surface area (Å²) in [5, 5.41) is 0.479. The predicted octanol–water partition coefficient (Wildman–Crippen LogP) is 5.86. The summed E-state index contributed by atoms with van der Waals surface area (Å²) in [7, 11) is -1.82. The lowest BCUT2D eigenvalue weighted by Crippen LogP contribution is -2.47. The molecule has 3 rings (SSSR count). The molecule has 0 aliphatic carbocycles. The summed E-state index contributed by atoms with van der Waals surface area (Å²) in [6, 6.07) is 15.0. The van der Waals surface area contributed by atoms with Crippen LogP contribution in [0.5, 0.6) is 0 Å². The van der Waals surface area contributed by atoms with Crippen LogP contribution < -0.4 is 0 Å². The van der Waals surface area contributed by atoms with E-state index in [9.17, 15) is 17.8 Å². The van der Waals surface area contributed by atoms with E-state index in [1.807, 2.05) is 6.07 Å². The fourth-order valence-electron chi connectivity index (χ4n) is 3.71. The van der Waals surface area contributed by atoms with E-state index in [2.05, 4.69) is 6.58 Å². The van der Waals surface area contributed by atoms with Gasteiger partial charge in [0.25, 0.3) is 5.91 Å². The molecule has 1 heterocycles. The van der Waals surface area contributed by atoms with Crippen molar-refractivity contribution in [3.8, 4) is 0 Å². The minimum Gasteiger partial charge on any atom is -0.338 e. The molecule has 1 aliphatic rings. The summed E-state index contributed by atoms with van der Waals surface area (Å²) in [5.74, 6) is -0.815. The Kier molecular flexibility index (Phi) is 8.97. The number of carbonyl (C=O) groups is 1. The first-order valence-corrected chi connectivity index (χ1v) is 12.0. The lowest BCUT2D eigenvalue weighted by molar-refractivity contribution is 0.0689. The van der Waals surface area contributed by atoms with Crippen LogP contribution in [-0.4, -0.2) is 45.1 Å². The number of amides is 1. The number of benzene rings is 2. The second kappa shape index (κ2) is 11.9. The average Bonchev–Trinajstić information content (AvgIpc) is 2.84. The molecule has 4 nitrogen and oxygen atoms in total. The molecule has 1 aliphatic heterocycles. The van der Waals surface area contributed by atoms with Gasteiger partial charge in [-0.15, -0.1) is 0 Å². The zero-order chi connectivity index (χ0) is 23.8. The molecule has 174 valence electrons. The van der Waals surface area contributed by atoms with Crippen molar-refractivity contribution in [2.45, 2.75) is 23.8 Å². The molecule has 1 amide bonds. The monoisotopic (exact) mass is 490 g/mol. The van der Waals surface area contributed by atoms with E-state index < -0.39 is 23.5 Å². The van der Waals surface area contributed by atoms with Gasteiger partial charge in [-0.1, -0.05) is 42.5 Å². The Bertz CT molecular complexity index is 1050. The number of hydrogen-bond acceptors (Lipinski definition) is 2. The Labute approximate surface area is 200 Å². The summed E-state index contributed by atoms with van der Waals surface area (Å²) in [6.07, 6.45) is 4.34. The molecule has 0 bridgehead atoms. The number of nitrogens with zero attached hydrogens (tertiary/aromatic N) is 2. The van der Waals surface area contributed by atoms with E-state index in [-0.39, 0.29) is 17.6 Å². The maximum Gasteiger partial charge on any atom is 0.253 e. The zero-order valence-electron chi connectivity index (χ0n) is 18.0. The van der Waals surface area contributed by atoms with E-state index in [0.29, 0.717) is 41.4 Å². The van der Waals surface area contributed by atoms with Crippen LogP contribution in [0.15, 0.2) is 95.8 Å². The summed E-state index contributed by atoms with van der Waals surface area (Å²) in [6.45, 7) is 3.38. The van der Waals surface area contributed by atoms with Gasteiger partial charge in [0.15, 0.2) is 11.0 Å². The third kappa shape index (κ3) is 6.18. The van der Waals surface area contributed by atoms with Crippen LogP contribution in [0.3, 0.4) is 0 Å². The second-order valence-corrected chi connectivity index (χ2v) is 9.21. The van der Waals surface area contributed by atoms with Crippen molar-refractivity contribution in [3.63, 3.8) is 0 Å². The predicted molar refractivity (Wildman–Crippen MR) is 129 cm³/mol. The first kappa shape index (κ1) is 24.9. The van der Waals surface area contributed by atoms with E-state index in [1.54, 1.807) is 53.4 Å². The summed E-state index contributed by atoms with van der Waals surface area (Å²) in [5.41, 5.74) is 0.494. The van der Waals surface area contributed by atoms with Crippen LogP contribution in [0.2, 0.25) is 5.02 Å². The summed E-state index contributed by atoms with van der Waals surface area (Å²) >= 11 is 5.95. The van der Waals surface area contributed by atoms with Gasteiger partial charge in [-0.3, -0.25) is 9.10 Å². The highest BCUT2D eigenvalue weighted by atomic mass is 35.5. The van der Waals surface area contributed by atoms with E-state index in [0.717, 1.165) is 12.2 Å². The van der Waals surface area contributed by atoms with Crippen molar-refractivity contribution in [3.05, 3.63) is 102 Å². The smallest absolute Gasteiger partial charge is 0.253 e. The van der Waals surface area contributed by atoms with Gasteiger partial charge in [0, 0.05) is 29.7 Å². The number of likely N-dealkylation sites (tertiary alicyclic amines) is 1. The minimum atomic E-state index is -1.82. The summed E-state index contributed by atoms with van der Waals surface area (Å²) in [4.78, 5) is 14.9. The van der Waals surface area contributed by atoms with Crippen LogP contribution in [0.25, 0.3) is 0 Å². The molecular formula is C25H25ClF2N2O2S. The Balaban J connectivity index is 1.88. The molecule has 0 radical (unpaired) electrons. The maximum absolute atomic E-state index is 14.9. The second-order valence-electron chi connectivity index (χ2n) is 7.41. The van der Waals surface area contributed by atoms with Gasteiger partial charge in [-0.25, -0.2) is 13.0 Å². The molecule has 2 aromatic carbocycles. The van der Waals surface area contributed by atoms with Gasteiger partial charge in [0.05, 0.1) is 10.6 Å². The lowest BCUT2D eigenvalue weighted by atomic mass is 10.0. The van der Waals surface area contributed by atoms with E-state index >= 15 is 0 Å². The fourth-order valence-corrected chi connectivity index (χ4v) is 5.25. The molecule has 0 saturated carbocycles. The van der Waals surface area contributed by atoms with Crippen molar-refractivity contribution >= 4 is 28.5 Å². The lowest BCUT2D eigenvalue weighted by Gasteiger charge is -2.39. The number of alkyl halides is 1. The molecule has 1 unspecified atom stereocenters. The fraction of sp³-hybridized carbons (Fsp3) is 0.240. The van der Waals surface area contributed by atoms with Crippen molar-refractivity contribution in [2.24, 2.45) is 0 Å². The number of piperidine rings is 1. The van der Waals surface area contributed by atoms with Crippen molar-refractivity contribution in [2.75, 3.05) is 19.8 Å². The largest absolute Gasteiger partial charge is 0.338 e. The highest BCUT2D eigenvalue weighted by Crippen LogP contribution is 2.31. The number of rotatable bonds is 8. The van der Waals surface area contributed by atoms with Gasteiger partial charge >= 0.3 is 0 Å². The van der Waals surface area contributed by atoms with Gasteiger partial charge in [0.1, 0.15) is 12.5 Å². The highest BCUT2D eigenvalue weighted by Gasteiger charge is 2.33. The van der Waals surface area contributed by atoms with Crippen LogP contribution in [0.1, 0.15) is 23.2 Å². The third-order valence-corrected chi connectivity index (χ3v) is 7.09. The molecule has 2 aromatic rings. The molecule has 8 heteroatoms. The van der Waals surface area contributed by atoms with Crippen molar-refractivity contribution in [1.29, 1.82) is 0 Å². The first-order valence-electron chi connectivity index (χ1n) is 10.5. The third-order valence-electron chi connectivity index (χ3n) is 5.31. The molecule has 1 fully saturated rings. The van der Waals surface area contributed by atoms with Crippen molar-refractivity contribution < 1.29 is 17.8 Å². The molecule has 0 N–H and O–H groups in total. The quantitative estimate of drug-likeness (QED) is 0.435. The standard InChI is InChI=1S/C25H25ClF2N2O2S/c1-2-6-23(28)24(13-16-27)30(33(32)22-11-9-20(26)10-12-22)21-14-17-29(18-15-21)25(31)19-7-4-3-5-8-19/h2-13,21H,1,14-18H2/b23-6+,24-13+. The molecule has 33 heavy (non-hydrogen) atoms. The molecule has 1 saturated heterocycles. The molecule has 1 atom stereocenters. The minimum absolute atomic E-state index is 0.0864. The highest BCUT2D eigenvalue weighted by molar-refractivity contribution is 7.82. The number of hydrogen-bond donors (Lipinski definition) is 0. The normalized spacial score (nSPS) is 16.4. The molecule has 0 spiro atoms. The Hall–Kier alpha value is -2.77. The Morgan fingerprint density at radius 1 is 1.15 bits per heavy atom. The van der Waals surface area contributed by atoms with Gasteiger partial charge in [-0.2, -0.15) is 0 Å². The average molecular weight is 491 g/mol. The SMILES string of the molecule is C=C/C=C(F)\C(=C/CF)N(C1CCN(C(=O)c2ccccc2)CC1)S(=O)c1ccc(Cl)cc1. The van der Waals surface area contributed by atoms with Crippen LogP contribution in [-0.2, 0) is 11.0 Å². The maximum atomic E-state index is 14.9. The van der Waals surface area contributed by atoms with E-state index in [1.165, 1.54) is 10.4 Å². The Morgan fingerprint density at radius 2 is 1.79 bits per heavy atom. The number of carbonyl (C=O) groups excluding carboxylic acids is 1.